The molecular formula is C21H37N5O10. The Bertz CT molecular complexity index is 806. The van der Waals surface area contributed by atoms with Crippen molar-refractivity contribution in [3.8, 4) is 0 Å². The highest BCUT2D eigenvalue weighted by Crippen LogP contribution is 2.08. The fourth-order valence-electron chi connectivity index (χ4n) is 2.87. The third-order valence-corrected chi connectivity index (χ3v) is 5.41. The molecule has 0 aromatic heterocycles. The average Bonchev–Trinajstić information content (AvgIpc) is 2.80. The molecule has 206 valence electrons. The molecule has 10 N–H and O–H groups in total. The molecule has 0 bridgehead atoms. The number of hydrogen-bond donors (Lipinski definition) is 9. The molecule has 0 aliphatic heterocycles. The SMILES string of the molecule is CC[C@H](C)[C@H](NC(=O)[C@H](CO)NC(=O)[C@H](C)NC(=O)[C@@H](NC(=O)[C@@H](N)CCC(=O)O)[C@@H](C)O)C(=O)O. The maximum atomic E-state index is 12.5. The summed E-state index contributed by atoms with van der Waals surface area (Å²) < 4.78 is 0. The van der Waals surface area contributed by atoms with E-state index < -0.39 is 84.4 Å². The van der Waals surface area contributed by atoms with Gasteiger partial charge in [-0.05, 0) is 26.2 Å². The van der Waals surface area contributed by atoms with Crippen molar-refractivity contribution in [2.75, 3.05) is 6.61 Å². The fraction of sp³-hybridized carbons (Fsp3) is 0.714. The zero-order valence-corrected chi connectivity index (χ0v) is 20.7. The third kappa shape index (κ3) is 11.0. The van der Waals surface area contributed by atoms with Gasteiger partial charge in [-0.1, -0.05) is 20.3 Å². The summed E-state index contributed by atoms with van der Waals surface area (Å²) in [7, 11) is 0. The first-order valence-corrected chi connectivity index (χ1v) is 11.4. The van der Waals surface area contributed by atoms with Crippen molar-refractivity contribution in [3.05, 3.63) is 0 Å². The van der Waals surface area contributed by atoms with Gasteiger partial charge in [0, 0.05) is 6.42 Å². The van der Waals surface area contributed by atoms with Crippen LogP contribution in [0.4, 0.5) is 0 Å². The van der Waals surface area contributed by atoms with Gasteiger partial charge in [-0.2, -0.15) is 0 Å². The molecule has 0 aliphatic rings. The highest BCUT2D eigenvalue weighted by atomic mass is 16.4. The van der Waals surface area contributed by atoms with Crippen LogP contribution in [0.3, 0.4) is 0 Å². The minimum absolute atomic E-state index is 0.210. The van der Waals surface area contributed by atoms with Gasteiger partial charge in [-0.3, -0.25) is 24.0 Å². The number of hydrogen-bond acceptors (Lipinski definition) is 9. The molecule has 0 rings (SSSR count). The molecule has 0 fully saturated rings. The van der Waals surface area contributed by atoms with Gasteiger partial charge in [0.15, 0.2) is 0 Å². The number of aliphatic hydroxyl groups is 2. The van der Waals surface area contributed by atoms with Crippen LogP contribution in [0.1, 0.15) is 47.0 Å². The summed E-state index contributed by atoms with van der Waals surface area (Å²) in [6.45, 7) is 4.92. The molecular weight excluding hydrogens is 482 g/mol. The Morgan fingerprint density at radius 3 is 1.81 bits per heavy atom. The van der Waals surface area contributed by atoms with Gasteiger partial charge >= 0.3 is 11.9 Å². The van der Waals surface area contributed by atoms with E-state index in [1.165, 1.54) is 13.8 Å². The molecule has 15 heteroatoms. The van der Waals surface area contributed by atoms with Crippen LogP contribution in [0.2, 0.25) is 0 Å². The highest BCUT2D eigenvalue weighted by Gasteiger charge is 2.32. The first-order valence-electron chi connectivity index (χ1n) is 11.4. The molecule has 0 saturated heterocycles. The largest absolute Gasteiger partial charge is 0.481 e. The maximum absolute atomic E-state index is 12.5. The summed E-state index contributed by atoms with van der Waals surface area (Å²) in [5, 5.41) is 46.3. The van der Waals surface area contributed by atoms with Crippen LogP contribution < -0.4 is 27.0 Å². The molecule has 0 aliphatic carbocycles. The number of nitrogens with one attached hydrogen (secondary N) is 4. The zero-order valence-electron chi connectivity index (χ0n) is 20.7. The van der Waals surface area contributed by atoms with Crippen LogP contribution >= 0.6 is 0 Å². The van der Waals surface area contributed by atoms with Crippen LogP contribution in [0.15, 0.2) is 0 Å². The number of amides is 4. The summed E-state index contributed by atoms with van der Waals surface area (Å²) in [5.41, 5.74) is 5.59. The van der Waals surface area contributed by atoms with Crippen molar-refractivity contribution >= 4 is 35.6 Å². The topological polar surface area (TPSA) is 257 Å². The normalized spacial score (nSPS) is 16.8. The predicted octanol–water partition coefficient (Wildman–Crippen LogP) is -3.36. The Morgan fingerprint density at radius 2 is 1.36 bits per heavy atom. The second-order valence-corrected chi connectivity index (χ2v) is 8.45. The molecule has 7 atom stereocenters. The molecule has 0 aromatic rings. The Labute approximate surface area is 208 Å². The zero-order chi connectivity index (χ0) is 28.2. The lowest BCUT2D eigenvalue weighted by atomic mass is 9.99. The first-order chi connectivity index (χ1) is 16.7. The summed E-state index contributed by atoms with van der Waals surface area (Å²) in [6.07, 6.45) is -1.57. The first kappa shape index (κ1) is 32.7. The molecule has 0 aromatic carbocycles. The minimum atomic E-state index is -1.53. The van der Waals surface area contributed by atoms with E-state index in [9.17, 15) is 44.1 Å². The lowest BCUT2D eigenvalue weighted by Gasteiger charge is -2.26. The average molecular weight is 520 g/mol. The Morgan fingerprint density at radius 1 is 0.806 bits per heavy atom. The standard InChI is InChI=1S/C21H37N5O10/c1-5-9(2)15(21(35)36)25-19(33)13(8-27)24-17(31)10(3)23-20(34)16(11(4)28)26-18(32)12(22)6-7-14(29)30/h9-13,15-16,27-28H,5-8,22H2,1-4H3,(H,23,34)(H,24,31)(H,25,33)(H,26,32)(H,29,30)(H,35,36)/t9-,10-,11+,12-,13-,15-,16-/m0/s1. The Hall–Kier alpha value is -3.30. The predicted molar refractivity (Wildman–Crippen MR) is 124 cm³/mol. The molecule has 0 radical (unpaired) electrons. The molecule has 36 heavy (non-hydrogen) atoms. The van der Waals surface area contributed by atoms with E-state index in [0.29, 0.717) is 6.42 Å². The van der Waals surface area contributed by atoms with Crippen molar-refractivity contribution in [3.63, 3.8) is 0 Å². The number of carboxylic acids is 2. The molecule has 0 unspecified atom stereocenters. The lowest BCUT2D eigenvalue weighted by Crippen LogP contribution is -2.60. The van der Waals surface area contributed by atoms with Crippen molar-refractivity contribution in [2.24, 2.45) is 11.7 Å². The number of carbonyl (C=O) groups excluding carboxylic acids is 4. The summed E-state index contributed by atoms with van der Waals surface area (Å²) in [6, 6.07) is -6.86. The number of rotatable bonds is 16. The summed E-state index contributed by atoms with van der Waals surface area (Å²) in [5.74, 6) is -6.60. The highest BCUT2D eigenvalue weighted by molar-refractivity contribution is 5.95. The molecule has 0 heterocycles. The maximum Gasteiger partial charge on any atom is 0.326 e. The number of nitrogens with two attached hydrogens (primary N) is 1. The van der Waals surface area contributed by atoms with Crippen LogP contribution in [0.25, 0.3) is 0 Å². The number of carbonyl (C=O) groups is 6. The quantitative estimate of drug-likeness (QED) is 0.0972. The second-order valence-electron chi connectivity index (χ2n) is 8.45. The van der Waals surface area contributed by atoms with Gasteiger partial charge in [0.2, 0.25) is 23.6 Å². The molecule has 4 amide bonds. The fourth-order valence-corrected chi connectivity index (χ4v) is 2.87. The molecule has 0 spiro atoms. The van der Waals surface area contributed by atoms with Gasteiger partial charge in [-0.25, -0.2) is 4.79 Å². The number of aliphatic carboxylic acids is 2. The van der Waals surface area contributed by atoms with Gasteiger partial charge in [0.1, 0.15) is 24.2 Å². The van der Waals surface area contributed by atoms with E-state index in [0.717, 1.165) is 0 Å². The van der Waals surface area contributed by atoms with E-state index in [1.807, 2.05) is 0 Å². The second kappa shape index (κ2) is 15.6. The van der Waals surface area contributed by atoms with Gasteiger partial charge < -0.3 is 47.4 Å². The van der Waals surface area contributed by atoms with Crippen molar-refractivity contribution in [1.29, 1.82) is 0 Å². The van der Waals surface area contributed by atoms with Gasteiger partial charge in [0.25, 0.3) is 0 Å². The minimum Gasteiger partial charge on any atom is -0.481 e. The lowest BCUT2D eigenvalue weighted by molar-refractivity contribution is -0.144. The Balaban J connectivity index is 5.15. The van der Waals surface area contributed by atoms with Crippen molar-refractivity contribution in [2.45, 2.75) is 83.3 Å². The monoisotopic (exact) mass is 519 g/mol. The van der Waals surface area contributed by atoms with Crippen LogP contribution in [-0.2, 0) is 28.8 Å². The summed E-state index contributed by atoms with van der Waals surface area (Å²) >= 11 is 0. The van der Waals surface area contributed by atoms with Crippen LogP contribution in [0.5, 0.6) is 0 Å². The van der Waals surface area contributed by atoms with Gasteiger partial charge in [-0.15, -0.1) is 0 Å². The van der Waals surface area contributed by atoms with E-state index in [2.05, 4.69) is 21.3 Å². The number of carboxylic acid groups (broad SMARTS) is 2. The van der Waals surface area contributed by atoms with E-state index in [1.54, 1.807) is 13.8 Å². The Kier molecular flexibility index (Phi) is 14.2. The van der Waals surface area contributed by atoms with Gasteiger partial charge in [0.05, 0.1) is 18.8 Å². The summed E-state index contributed by atoms with van der Waals surface area (Å²) in [4.78, 5) is 71.6. The molecule has 15 nitrogen and oxygen atoms in total. The smallest absolute Gasteiger partial charge is 0.326 e. The van der Waals surface area contributed by atoms with Crippen molar-refractivity contribution < 1.29 is 49.2 Å². The van der Waals surface area contributed by atoms with Crippen molar-refractivity contribution in [1.82, 2.24) is 21.3 Å². The van der Waals surface area contributed by atoms with Crippen LogP contribution in [0, 0.1) is 5.92 Å². The number of aliphatic hydroxyl groups excluding tert-OH is 2. The van der Waals surface area contributed by atoms with Crippen LogP contribution in [-0.4, -0.2) is 98.9 Å². The van der Waals surface area contributed by atoms with E-state index >= 15 is 0 Å². The molecule has 0 saturated carbocycles. The van der Waals surface area contributed by atoms with E-state index in [4.69, 9.17) is 10.8 Å². The third-order valence-electron chi connectivity index (χ3n) is 5.41. The van der Waals surface area contributed by atoms with E-state index in [-0.39, 0.29) is 12.8 Å².